The van der Waals surface area contributed by atoms with Crippen LogP contribution in [0.3, 0.4) is 0 Å². The number of anilines is 2. The number of hydrogen-bond acceptors (Lipinski definition) is 7. The van der Waals surface area contributed by atoms with Crippen molar-refractivity contribution in [3.8, 4) is 0 Å². The van der Waals surface area contributed by atoms with E-state index in [0.29, 0.717) is 37.9 Å². The van der Waals surface area contributed by atoms with Gasteiger partial charge in [-0.3, -0.25) is 14.4 Å². The van der Waals surface area contributed by atoms with Crippen LogP contribution in [0.5, 0.6) is 0 Å². The van der Waals surface area contributed by atoms with Gasteiger partial charge in [0, 0.05) is 37.6 Å². The highest BCUT2D eigenvalue weighted by Crippen LogP contribution is 2.63. The van der Waals surface area contributed by atoms with Crippen LogP contribution >= 0.6 is 0 Å². The molecule has 1 spiro atoms. The molecular weight excluding hydrogens is 486 g/mol. The SMILES string of the molecule is CCOC(=O)[C@@H]1[C@H]2C(=O)N(CCCCCCO)C(C(=O)Nc3ccc(N(CC)CC)cc3)C23CC[C@@]1(C)O3. The molecule has 3 aliphatic heterocycles. The number of hydrogen-bond donors (Lipinski definition) is 2. The summed E-state index contributed by atoms with van der Waals surface area (Å²) in [4.78, 5) is 44.8. The van der Waals surface area contributed by atoms with Crippen LogP contribution in [-0.4, -0.2) is 77.9 Å². The summed E-state index contributed by atoms with van der Waals surface area (Å²) in [6, 6.07) is 6.90. The molecule has 4 rings (SSSR count). The van der Waals surface area contributed by atoms with E-state index in [1.54, 1.807) is 11.8 Å². The molecule has 1 aromatic rings. The lowest BCUT2D eigenvalue weighted by Gasteiger charge is -2.33. The van der Waals surface area contributed by atoms with Crippen LogP contribution in [-0.2, 0) is 23.9 Å². The molecule has 2 bridgehead atoms. The van der Waals surface area contributed by atoms with Crippen molar-refractivity contribution in [1.82, 2.24) is 4.90 Å². The van der Waals surface area contributed by atoms with Crippen molar-refractivity contribution in [3.05, 3.63) is 24.3 Å². The molecule has 3 fully saturated rings. The summed E-state index contributed by atoms with van der Waals surface area (Å²) in [5.41, 5.74) is -0.152. The van der Waals surface area contributed by atoms with E-state index in [2.05, 4.69) is 24.1 Å². The maximum absolute atomic E-state index is 13.9. The number of nitrogens with zero attached hydrogens (tertiary/aromatic N) is 2. The lowest BCUT2D eigenvalue weighted by Crippen LogP contribution is -2.53. The van der Waals surface area contributed by atoms with Crippen molar-refractivity contribution in [2.24, 2.45) is 11.8 Å². The molecule has 9 heteroatoms. The minimum absolute atomic E-state index is 0.138. The van der Waals surface area contributed by atoms with E-state index in [-0.39, 0.29) is 25.0 Å². The molecule has 3 saturated heterocycles. The monoisotopic (exact) mass is 529 g/mol. The van der Waals surface area contributed by atoms with Crippen molar-refractivity contribution < 1.29 is 29.0 Å². The summed E-state index contributed by atoms with van der Waals surface area (Å²) in [5.74, 6) is -2.39. The number of carbonyl (C=O) groups excluding carboxylic acids is 3. The van der Waals surface area contributed by atoms with Crippen LogP contribution in [0, 0.1) is 11.8 Å². The minimum Gasteiger partial charge on any atom is -0.466 e. The molecule has 210 valence electrons. The number of carbonyl (C=O) groups is 3. The molecule has 0 aromatic heterocycles. The summed E-state index contributed by atoms with van der Waals surface area (Å²) in [5, 5.41) is 12.1. The molecule has 1 aromatic carbocycles. The first-order valence-electron chi connectivity index (χ1n) is 14.2. The fourth-order valence-corrected chi connectivity index (χ4v) is 6.86. The standard InChI is InChI=1S/C29H43N3O6/c1-5-31(6-2)21-14-12-20(13-15-21)30-25(34)24-29-17-16-28(4,38-29)23(27(36)37-7-3)22(29)26(35)32(24)18-10-8-9-11-19-33/h12-15,22-24,33H,5-11,16-19H2,1-4H3,(H,30,34)/t22-,23-,24?,28+,29?/m0/s1. The van der Waals surface area contributed by atoms with Gasteiger partial charge in [0.15, 0.2) is 0 Å². The third-order valence-electron chi connectivity index (χ3n) is 8.64. The number of likely N-dealkylation sites (tertiary alicyclic amines) is 1. The Hall–Kier alpha value is -2.65. The molecule has 3 aliphatic rings. The average Bonchev–Trinajstić information content (AvgIpc) is 3.46. The molecule has 2 amide bonds. The molecule has 2 N–H and O–H groups in total. The number of unbranched alkanes of at least 4 members (excludes halogenated alkanes) is 3. The first-order valence-corrected chi connectivity index (χ1v) is 14.2. The van der Waals surface area contributed by atoms with Crippen LogP contribution in [0.4, 0.5) is 11.4 Å². The zero-order chi connectivity index (χ0) is 27.5. The van der Waals surface area contributed by atoms with E-state index in [1.165, 1.54) is 0 Å². The number of esters is 1. The van der Waals surface area contributed by atoms with Gasteiger partial charge in [-0.1, -0.05) is 12.8 Å². The summed E-state index contributed by atoms with van der Waals surface area (Å²) in [7, 11) is 0. The number of amides is 2. The first kappa shape index (κ1) is 28.4. The Labute approximate surface area is 225 Å². The number of aliphatic hydroxyl groups is 1. The molecule has 0 saturated carbocycles. The minimum atomic E-state index is -1.06. The second kappa shape index (κ2) is 11.6. The number of aliphatic hydroxyl groups excluding tert-OH is 1. The molecule has 0 aliphatic carbocycles. The normalized spacial score (nSPS) is 29.4. The molecule has 2 unspecified atom stereocenters. The van der Waals surface area contributed by atoms with Gasteiger partial charge in [0.25, 0.3) is 0 Å². The Morgan fingerprint density at radius 2 is 1.79 bits per heavy atom. The van der Waals surface area contributed by atoms with Gasteiger partial charge in [-0.15, -0.1) is 0 Å². The van der Waals surface area contributed by atoms with Gasteiger partial charge in [-0.05, 0) is 77.6 Å². The summed E-state index contributed by atoms with van der Waals surface area (Å²) in [6.45, 7) is 10.4. The number of rotatable bonds is 13. The number of benzene rings is 1. The van der Waals surface area contributed by atoms with Gasteiger partial charge >= 0.3 is 5.97 Å². The van der Waals surface area contributed by atoms with Gasteiger partial charge in [0.2, 0.25) is 11.8 Å². The van der Waals surface area contributed by atoms with Crippen molar-refractivity contribution >= 4 is 29.2 Å². The quantitative estimate of drug-likeness (QED) is 0.298. The Morgan fingerprint density at radius 3 is 2.42 bits per heavy atom. The molecule has 5 atom stereocenters. The molecule has 38 heavy (non-hydrogen) atoms. The smallest absolute Gasteiger partial charge is 0.312 e. The summed E-state index contributed by atoms with van der Waals surface area (Å²) >= 11 is 0. The van der Waals surface area contributed by atoms with E-state index >= 15 is 0 Å². The fourth-order valence-electron chi connectivity index (χ4n) is 6.86. The third kappa shape index (κ3) is 4.91. The summed E-state index contributed by atoms with van der Waals surface area (Å²) in [6.07, 6.45) is 4.23. The van der Waals surface area contributed by atoms with Crippen molar-refractivity contribution in [2.45, 2.75) is 83.5 Å². The maximum Gasteiger partial charge on any atom is 0.312 e. The number of ether oxygens (including phenoxy) is 2. The fraction of sp³-hybridized carbons (Fsp3) is 0.690. The highest BCUT2D eigenvalue weighted by Gasteiger charge is 2.78. The van der Waals surface area contributed by atoms with Gasteiger partial charge in [0.05, 0.1) is 18.1 Å². The third-order valence-corrected chi connectivity index (χ3v) is 8.64. The van der Waals surface area contributed by atoms with E-state index < -0.39 is 35.0 Å². The first-order chi connectivity index (χ1) is 18.3. The summed E-state index contributed by atoms with van der Waals surface area (Å²) < 4.78 is 12.0. The second-order valence-corrected chi connectivity index (χ2v) is 10.9. The maximum atomic E-state index is 13.9. The average molecular weight is 530 g/mol. The Bertz CT molecular complexity index is 1010. The van der Waals surface area contributed by atoms with E-state index in [4.69, 9.17) is 14.6 Å². The van der Waals surface area contributed by atoms with Crippen molar-refractivity contribution in [3.63, 3.8) is 0 Å². The molecular formula is C29H43N3O6. The zero-order valence-corrected chi connectivity index (χ0v) is 23.2. The molecule has 9 nitrogen and oxygen atoms in total. The zero-order valence-electron chi connectivity index (χ0n) is 23.2. The van der Waals surface area contributed by atoms with Gasteiger partial charge in [0.1, 0.15) is 17.6 Å². The largest absolute Gasteiger partial charge is 0.466 e. The Morgan fingerprint density at radius 1 is 1.11 bits per heavy atom. The van der Waals surface area contributed by atoms with Crippen molar-refractivity contribution in [2.75, 3.05) is 43.1 Å². The number of fused-ring (bicyclic) bond motifs is 1. The van der Waals surface area contributed by atoms with Crippen LogP contribution in [0.2, 0.25) is 0 Å². The van der Waals surface area contributed by atoms with Gasteiger partial charge in [-0.2, -0.15) is 0 Å². The van der Waals surface area contributed by atoms with Gasteiger partial charge in [-0.25, -0.2) is 0 Å². The van der Waals surface area contributed by atoms with Crippen molar-refractivity contribution in [1.29, 1.82) is 0 Å². The second-order valence-electron chi connectivity index (χ2n) is 10.9. The highest BCUT2D eigenvalue weighted by molar-refractivity contribution is 6.03. The van der Waals surface area contributed by atoms with E-state index in [9.17, 15) is 14.4 Å². The lowest BCUT2D eigenvalue weighted by molar-refractivity contribution is -0.158. The topological polar surface area (TPSA) is 108 Å². The predicted molar refractivity (Wildman–Crippen MR) is 145 cm³/mol. The van der Waals surface area contributed by atoms with Crippen LogP contribution in [0.15, 0.2) is 24.3 Å². The number of nitrogens with one attached hydrogen (secondary N) is 1. The van der Waals surface area contributed by atoms with Crippen LogP contribution < -0.4 is 10.2 Å². The Kier molecular flexibility index (Phi) is 8.67. The molecule has 0 radical (unpaired) electrons. The lowest BCUT2D eigenvalue weighted by atomic mass is 9.66. The van der Waals surface area contributed by atoms with E-state index in [1.807, 2.05) is 31.2 Å². The Balaban J connectivity index is 1.61. The molecule has 3 heterocycles. The van der Waals surface area contributed by atoms with Crippen LogP contribution in [0.25, 0.3) is 0 Å². The van der Waals surface area contributed by atoms with E-state index in [0.717, 1.165) is 31.6 Å². The predicted octanol–water partition coefficient (Wildman–Crippen LogP) is 3.35. The van der Waals surface area contributed by atoms with Crippen LogP contribution in [0.1, 0.15) is 66.2 Å². The van der Waals surface area contributed by atoms with Gasteiger partial charge < -0.3 is 29.7 Å². The highest BCUT2D eigenvalue weighted by atomic mass is 16.6.